The largest absolute Gasteiger partial charge is 0.465 e. The van der Waals surface area contributed by atoms with Crippen molar-refractivity contribution in [3.63, 3.8) is 0 Å². The predicted molar refractivity (Wildman–Crippen MR) is 107 cm³/mol. The summed E-state index contributed by atoms with van der Waals surface area (Å²) in [4.78, 5) is 27.9. The number of hydrogen-bond acceptors (Lipinski definition) is 6. The Kier molecular flexibility index (Phi) is 9.32. The molecule has 0 aromatic carbocycles. The molecule has 3 N–H and O–H groups in total. The van der Waals surface area contributed by atoms with Crippen LogP contribution in [-0.4, -0.2) is 47.3 Å². The zero-order valence-electron chi connectivity index (χ0n) is 16.6. The molecule has 1 amide bonds. The molecule has 9 heteroatoms. The van der Waals surface area contributed by atoms with Crippen molar-refractivity contribution in [3.05, 3.63) is 22.2 Å². The first-order chi connectivity index (χ1) is 12.7. The van der Waals surface area contributed by atoms with E-state index in [1.807, 2.05) is 0 Å². The van der Waals surface area contributed by atoms with Crippen LogP contribution in [0.15, 0.2) is 12.1 Å². The van der Waals surface area contributed by atoms with Crippen LogP contribution in [-0.2, 0) is 0 Å². The molecule has 1 heterocycles. The third-order valence-corrected chi connectivity index (χ3v) is 4.03. The summed E-state index contributed by atoms with van der Waals surface area (Å²) in [5.74, 6) is 1.94. The van der Waals surface area contributed by atoms with Gasteiger partial charge in [0.2, 0.25) is 5.82 Å². The number of rotatable bonds is 12. The fourth-order valence-electron chi connectivity index (χ4n) is 2.41. The van der Waals surface area contributed by atoms with Crippen molar-refractivity contribution < 1.29 is 14.8 Å². The molecule has 0 aliphatic carbocycles. The molecule has 1 aromatic heterocycles. The molecule has 0 saturated heterocycles. The first-order valence-corrected chi connectivity index (χ1v) is 9.31. The Morgan fingerprint density at radius 3 is 2.26 bits per heavy atom. The zero-order chi connectivity index (χ0) is 20.4. The topological polar surface area (TPSA) is 121 Å². The van der Waals surface area contributed by atoms with Gasteiger partial charge in [0.15, 0.2) is 0 Å². The van der Waals surface area contributed by atoms with Crippen LogP contribution in [0.25, 0.3) is 0 Å². The van der Waals surface area contributed by atoms with Crippen LogP contribution < -0.4 is 15.5 Å². The molecule has 1 aromatic rings. The summed E-state index contributed by atoms with van der Waals surface area (Å²) in [7, 11) is 0. The monoisotopic (exact) mass is 381 g/mol. The Morgan fingerprint density at radius 2 is 1.78 bits per heavy atom. The van der Waals surface area contributed by atoms with E-state index in [-0.39, 0.29) is 24.6 Å². The van der Waals surface area contributed by atoms with E-state index in [0.717, 1.165) is 25.9 Å². The van der Waals surface area contributed by atoms with Gasteiger partial charge in [0, 0.05) is 32.2 Å². The maximum absolute atomic E-state index is 11.3. The maximum atomic E-state index is 11.3. The van der Waals surface area contributed by atoms with Gasteiger partial charge < -0.3 is 20.6 Å². The SMILES string of the molecule is CC(C)CCN(CCC(C)C)c1ccc([N+](=O)[O-])c(NCCNC(=O)O)n1. The number of amides is 1. The van der Waals surface area contributed by atoms with Gasteiger partial charge in [0.25, 0.3) is 0 Å². The van der Waals surface area contributed by atoms with Crippen LogP contribution >= 0.6 is 0 Å². The average molecular weight is 381 g/mol. The molecular weight excluding hydrogens is 350 g/mol. The van der Waals surface area contributed by atoms with Crippen LogP contribution in [0.3, 0.4) is 0 Å². The van der Waals surface area contributed by atoms with Gasteiger partial charge in [-0.25, -0.2) is 9.78 Å². The molecule has 0 atom stereocenters. The van der Waals surface area contributed by atoms with Gasteiger partial charge in [-0.15, -0.1) is 0 Å². The highest BCUT2D eigenvalue weighted by Gasteiger charge is 2.18. The molecular formula is C18H31N5O4. The summed E-state index contributed by atoms with van der Waals surface area (Å²) < 4.78 is 0. The summed E-state index contributed by atoms with van der Waals surface area (Å²) in [6.45, 7) is 10.6. The number of pyridine rings is 1. The van der Waals surface area contributed by atoms with E-state index >= 15 is 0 Å². The van der Waals surface area contributed by atoms with Crippen LogP contribution in [0.2, 0.25) is 0 Å². The zero-order valence-corrected chi connectivity index (χ0v) is 16.6. The molecule has 0 spiro atoms. The van der Waals surface area contributed by atoms with E-state index in [9.17, 15) is 14.9 Å². The van der Waals surface area contributed by atoms with Crippen molar-refractivity contribution >= 4 is 23.4 Å². The molecule has 0 fully saturated rings. The highest BCUT2D eigenvalue weighted by molar-refractivity contribution is 5.64. The summed E-state index contributed by atoms with van der Waals surface area (Å²) >= 11 is 0. The van der Waals surface area contributed by atoms with Crippen LogP contribution in [0.1, 0.15) is 40.5 Å². The fourth-order valence-corrected chi connectivity index (χ4v) is 2.41. The average Bonchev–Trinajstić information content (AvgIpc) is 2.57. The molecule has 1 rings (SSSR count). The van der Waals surface area contributed by atoms with Gasteiger partial charge in [-0.3, -0.25) is 10.1 Å². The Labute approximate surface area is 160 Å². The van der Waals surface area contributed by atoms with Crippen LogP contribution in [0, 0.1) is 22.0 Å². The van der Waals surface area contributed by atoms with Crippen molar-refractivity contribution in [2.24, 2.45) is 11.8 Å². The second-order valence-electron chi connectivity index (χ2n) is 7.31. The van der Waals surface area contributed by atoms with Crippen LogP contribution in [0.5, 0.6) is 0 Å². The summed E-state index contributed by atoms with van der Waals surface area (Å²) in [6.07, 6.45) is 0.867. The lowest BCUT2D eigenvalue weighted by Gasteiger charge is -2.26. The summed E-state index contributed by atoms with van der Waals surface area (Å²) in [6, 6.07) is 3.13. The van der Waals surface area contributed by atoms with Crippen molar-refractivity contribution in [1.29, 1.82) is 0 Å². The molecule has 0 saturated carbocycles. The minimum absolute atomic E-state index is 0.123. The van der Waals surface area contributed by atoms with Gasteiger partial charge in [0.1, 0.15) is 5.82 Å². The highest BCUT2D eigenvalue weighted by atomic mass is 16.6. The van der Waals surface area contributed by atoms with E-state index in [1.54, 1.807) is 6.07 Å². The third-order valence-electron chi connectivity index (χ3n) is 4.03. The third kappa shape index (κ3) is 8.57. The Balaban J connectivity index is 2.98. The van der Waals surface area contributed by atoms with Gasteiger partial charge >= 0.3 is 11.8 Å². The molecule has 27 heavy (non-hydrogen) atoms. The number of aromatic nitrogens is 1. The number of carbonyl (C=O) groups is 1. The minimum Gasteiger partial charge on any atom is -0.465 e. The van der Waals surface area contributed by atoms with Gasteiger partial charge in [-0.2, -0.15) is 0 Å². The number of carboxylic acid groups (broad SMARTS) is 1. The lowest BCUT2D eigenvalue weighted by molar-refractivity contribution is -0.384. The Bertz CT molecular complexity index is 610. The van der Waals surface area contributed by atoms with E-state index in [1.165, 1.54) is 6.07 Å². The minimum atomic E-state index is -1.14. The Morgan fingerprint density at radius 1 is 1.19 bits per heavy atom. The number of nitrogens with one attached hydrogen (secondary N) is 2. The Hall–Kier alpha value is -2.58. The lowest BCUT2D eigenvalue weighted by Crippen LogP contribution is -2.29. The van der Waals surface area contributed by atoms with E-state index < -0.39 is 11.0 Å². The fraction of sp³-hybridized carbons (Fsp3) is 0.667. The highest BCUT2D eigenvalue weighted by Crippen LogP contribution is 2.26. The molecule has 0 radical (unpaired) electrons. The van der Waals surface area contributed by atoms with Crippen molar-refractivity contribution in [1.82, 2.24) is 10.3 Å². The van der Waals surface area contributed by atoms with Crippen molar-refractivity contribution in [3.8, 4) is 0 Å². The standard InChI is InChI=1S/C18H31N5O4/c1-13(2)7-11-22(12-8-14(3)4)16-6-5-15(23(26)27)17(21-16)19-9-10-20-18(24)25/h5-6,13-14,20H,7-12H2,1-4H3,(H,19,21)(H,24,25). The molecule has 0 unspecified atom stereocenters. The van der Waals surface area contributed by atoms with E-state index in [4.69, 9.17) is 5.11 Å². The molecule has 0 bridgehead atoms. The number of nitrogens with zero attached hydrogens (tertiary/aromatic N) is 3. The number of nitro groups is 1. The molecule has 9 nitrogen and oxygen atoms in total. The second-order valence-corrected chi connectivity index (χ2v) is 7.31. The normalized spacial score (nSPS) is 10.9. The molecule has 0 aliphatic rings. The van der Waals surface area contributed by atoms with Gasteiger partial charge in [-0.05, 0) is 30.7 Å². The summed E-state index contributed by atoms with van der Waals surface area (Å²) in [5, 5.41) is 25.0. The number of hydrogen-bond donors (Lipinski definition) is 3. The van der Waals surface area contributed by atoms with E-state index in [2.05, 4.69) is 48.2 Å². The quantitative estimate of drug-likeness (QED) is 0.287. The first kappa shape index (κ1) is 22.5. The second kappa shape index (κ2) is 11.2. The van der Waals surface area contributed by atoms with Gasteiger partial charge in [-0.1, -0.05) is 27.7 Å². The van der Waals surface area contributed by atoms with Crippen LogP contribution in [0.4, 0.5) is 22.1 Å². The molecule has 152 valence electrons. The van der Waals surface area contributed by atoms with Crippen molar-refractivity contribution in [2.45, 2.75) is 40.5 Å². The van der Waals surface area contributed by atoms with Gasteiger partial charge in [0.05, 0.1) is 4.92 Å². The smallest absolute Gasteiger partial charge is 0.404 e. The lowest BCUT2D eigenvalue weighted by atomic mass is 10.1. The van der Waals surface area contributed by atoms with Crippen molar-refractivity contribution in [2.75, 3.05) is 36.4 Å². The first-order valence-electron chi connectivity index (χ1n) is 9.31. The van der Waals surface area contributed by atoms with E-state index in [0.29, 0.717) is 17.7 Å². The predicted octanol–water partition coefficient (Wildman–Crippen LogP) is 3.57. The maximum Gasteiger partial charge on any atom is 0.404 e. The number of anilines is 2. The molecule has 0 aliphatic heterocycles. The summed E-state index contributed by atoms with van der Waals surface area (Å²) in [5.41, 5.74) is -0.123.